The Kier molecular flexibility index (Phi) is 11.4. The van der Waals surface area contributed by atoms with Gasteiger partial charge in [0.2, 0.25) is 11.8 Å². The summed E-state index contributed by atoms with van der Waals surface area (Å²) in [7, 11) is -1.34. The van der Waals surface area contributed by atoms with Crippen molar-refractivity contribution in [1.29, 1.82) is 0 Å². The topological polar surface area (TPSA) is 105 Å². The lowest BCUT2D eigenvalue weighted by atomic mass is 10.0. The van der Waals surface area contributed by atoms with Crippen LogP contribution in [-0.4, -0.2) is 58.0 Å². The number of benzene rings is 4. The summed E-state index contributed by atoms with van der Waals surface area (Å²) in [5.74, 6) is -0.00160. The van der Waals surface area contributed by atoms with Gasteiger partial charge in [-0.15, -0.1) is 0 Å². The van der Waals surface area contributed by atoms with Crippen molar-refractivity contribution in [2.45, 2.75) is 62.6 Å². The highest BCUT2D eigenvalue weighted by atomic mass is 32.2. The minimum atomic E-state index is -4.29. The molecule has 48 heavy (non-hydrogen) atoms. The van der Waals surface area contributed by atoms with Crippen molar-refractivity contribution >= 4 is 27.5 Å². The van der Waals surface area contributed by atoms with E-state index >= 15 is 0 Å². The van der Waals surface area contributed by atoms with Crippen LogP contribution in [0.4, 0.5) is 5.69 Å². The molecule has 1 saturated carbocycles. The Labute approximate surface area is 283 Å². The number of carbonyl (C=O) groups excluding carboxylic acids is 2. The van der Waals surface area contributed by atoms with Gasteiger partial charge in [-0.05, 0) is 67.3 Å². The molecule has 9 nitrogen and oxygen atoms in total. The summed E-state index contributed by atoms with van der Waals surface area (Å²) in [6.07, 6.45) is 4.11. The second-order valence-electron chi connectivity index (χ2n) is 12.1. The molecule has 2 amide bonds. The summed E-state index contributed by atoms with van der Waals surface area (Å²) in [5.41, 5.74) is 2.93. The highest BCUT2D eigenvalue weighted by Gasteiger charge is 2.36. The minimum absolute atomic E-state index is 0.0212. The van der Waals surface area contributed by atoms with E-state index in [0.29, 0.717) is 5.75 Å². The van der Waals surface area contributed by atoms with Crippen LogP contribution in [0.2, 0.25) is 0 Å². The molecular weight excluding hydrogens is 627 g/mol. The average molecular weight is 670 g/mol. The summed E-state index contributed by atoms with van der Waals surface area (Å²) in [5, 5.41) is 3.21. The van der Waals surface area contributed by atoms with Gasteiger partial charge in [0.1, 0.15) is 24.1 Å². The van der Waals surface area contributed by atoms with Gasteiger partial charge in [-0.1, -0.05) is 85.1 Å². The molecular formula is C38H43N3O6S. The Hall–Kier alpha value is -4.83. The van der Waals surface area contributed by atoms with E-state index in [2.05, 4.69) is 5.32 Å². The van der Waals surface area contributed by atoms with Crippen molar-refractivity contribution in [3.63, 3.8) is 0 Å². The maximum absolute atomic E-state index is 14.7. The maximum atomic E-state index is 14.7. The van der Waals surface area contributed by atoms with Crippen molar-refractivity contribution in [2.75, 3.05) is 25.1 Å². The third-order valence-corrected chi connectivity index (χ3v) is 10.5. The molecule has 4 aromatic carbocycles. The average Bonchev–Trinajstić information content (AvgIpc) is 3.62. The van der Waals surface area contributed by atoms with E-state index in [0.717, 1.165) is 46.7 Å². The minimum Gasteiger partial charge on any atom is -0.497 e. The molecule has 0 radical (unpaired) electrons. The lowest BCUT2D eigenvalue weighted by Crippen LogP contribution is -2.54. The first-order valence-corrected chi connectivity index (χ1v) is 17.6. The van der Waals surface area contributed by atoms with Gasteiger partial charge in [-0.3, -0.25) is 13.9 Å². The van der Waals surface area contributed by atoms with Crippen molar-refractivity contribution < 1.29 is 27.5 Å². The standard InChI is InChI=1S/C38H43N3O6S/c1-28-12-11-15-30(24-28)26-40(35(25-29-13-5-4-6-14-29)38(43)39-31-16-7-8-17-31)37(42)27-41(34-18-9-10-19-36(34)47-3)48(44,45)33-22-20-32(46-2)21-23-33/h4-6,9-15,18-24,31,35H,7-8,16-17,25-27H2,1-3H3,(H,39,43)/t35-/m1/s1. The summed E-state index contributed by atoms with van der Waals surface area (Å²) in [4.78, 5) is 30.4. The lowest BCUT2D eigenvalue weighted by Gasteiger charge is -2.34. The maximum Gasteiger partial charge on any atom is 0.264 e. The lowest BCUT2D eigenvalue weighted by molar-refractivity contribution is -0.140. The normalized spacial score (nSPS) is 13.8. The van der Waals surface area contributed by atoms with Gasteiger partial charge in [0.15, 0.2) is 0 Å². The zero-order valence-corrected chi connectivity index (χ0v) is 28.5. The molecule has 0 bridgehead atoms. The number of nitrogens with zero attached hydrogens (tertiary/aromatic N) is 2. The van der Waals surface area contributed by atoms with Crippen LogP contribution in [0.5, 0.6) is 11.5 Å². The number of amides is 2. The molecule has 5 rings (SSSR count). The number of anilines is 1. The summed E-state index contributed by atoms with van der Waals surface area (Å²) in [6, 6.07) is 29.1. The van der Waals surface area contributed by atoms with Crippen molar-refractivity contribution in [3.8, 4) is 11.5 Å². The number of hydrogen-bond donors (Lipinski definition) is 1. The number of rotatable bonds is 14. The second-order valence-corrected chi connectivity index (χ2v) is 13.9. The zero-order chi connectivity index (χ0) is 34.1. The molecule has 1 aliphatic rings. The molecule has 252 valence electrons. The monoisotopic (exact) mass is 669 g/mol. The molecule has 0 heterocycles. The van der Waals surface area contributed by atoms with E-state index in [-0.39, 0.29) is 41.2 Å². The molecule has 10 heteroatoms. The van der Waals surface area contributed by atoms with E-state index in [9.17, 15) is 18.0 Å². The Morgan fingerprint density at radius 3 is 2.17 bits per heavy atom. The number of para-hydroxylation sites is 2. The Bertz CT molecular complexity index is 1790. The molecule has 1 fully saturated rings. The molecule has 0 aliphatic heterocycles. The van der Waals surface area contributed by atoms with Crippen LogP contribution in [-0.2, 0) is 32.6 Å². The van der Waals surface area contributed by atoms with E-state index in [4.69, 9.17) is 9.47 Å². The number of sulfonamides is 1. The second kappa shape index (κ2) is 15.8. The quantitative estimate of drug-likeness (QED) is 0.179. The number of aryl methyl sites for hydroxylation is 1. The first kappa shape index (κ1) is 34.5. The van der Waals surface area contributed by atoms with Crippen LogP contribution < -0.4 is 19.1 Å². The van der Waals surface area contributed by atoms with Gasteiger partial charge >= 0.3 is 0 Å². The fourth-order valence-electron chi connectivity index (χ4n) is 6.15. The van der Waals surface area contributed by atoms with Crippen molar-refractivity contribution in [3.05, 3.63) is 120 Å². The summed E-state index contributed by atoms with van der Waals surface area (Å²) < 4.78 is 40.6. The Morgan fingerprint density at radius 2 is 1.50 bits per heavy atom. The summed E-state index contributed by atoms with van der Waals surface area (Å²) in [6.45, 7) is 1.51. The van der Waals surface area contributed by atoms with E-state index in [1.54, 1.807) is 36.4 Å². The number of carbonyl (C=O) groups is 2. The fourth-order valence-corrected chi connectivity index (χ4v) is 7.58. The predicted octanol–water partition coefficient (Wildman–Crippen LogP) is 5.91. The first-order chi connectivity index (χ1) is 23.2. The molecule has 1 aliphatic carbocycles. The van der Waals surface area contributed by atoms with Gasteiger partial charge in [0, 0.05) is 19.0 Å². The van der Waals surface area contributed by atoms with E-state index in [1.165, 1.54) is 31.3 Å². The van der Waals surface area contributed by atoms with E-state index < -0.39 is 28.5 Å². The number of hydrogen-bond acceptors (Lipinski definition) is 6. The van der Waals surface area contributed by atoms with Crippen LogP contribution in [0.15, 0.2) is 108 Å². The molecule has 0 saturated heterocycles. The molecule has 4 aromatic rings. The van der Waals surface area contributed by atoms with E-state index in [1.807, 2.05) is 61.5 Å². The largest absolute Gasteiger partial charge is 0.497 e. The summed E-state index contributed by atoms with van der Waals surface area (Å²) >= 11 is 0. The number of methoxy groups -OCH3 is 2. The smallest absolute Gasteiger partial charge is 0.264 e. The van der Waals surface area contributed by atoms with Crippen LogP contribution in [0, 0.1) is 6.92 Å². The number of ether oxygens (including phenoxy) is 2. The number of nitrogens with one attached hydrogen (secondary N) is 1. The Balaban J connectivity index is 1.59. The first-order valence-electron chi connectivity index (χ1n) is 16.2. The van der Waals surface area contributed by atoms with Gasteiger partial charge in [-0.25, -0.2) is 8.42 Å². The van der Waals surface area contributed by atoms with Gasteiger partial charge in [-0.2, -0.15) is 0 Å². The van der Waals surface area contributed by atoms with Crippen LogP contribution in [0.3, 0.4) is 0 Å². The van der Waals surface area contributed by atoms with Gasteiger partial charge in [0.05, 0.1) is 24.8 Å². The van der Waals surface area contributed by atoms with Crippen LogP contribution in [0.25, 0.3) is 0 Å². The van der Waals surface area contributed by atoms with Gasteiger partial charge in [0.25, 0.3) is 10.0 Å². The zero-order valence-electron chi connectivity index (χ0n) is 27.7. The highest BCUT2D eigenvalue weighted by molar-refractivity contribution is 7.92. The van der Waals surface area contributed by atoms with Crippen molar-refractivity contribution in [1.82, 2.24) is 10.2 Å². The van der Waals surface area contributed by atoms with Gasteiger partial charge < -0.3 is 19.7 Å². The van der Waals surface area contributed by atoms with Crippen LogP contribution in [0.1, 0.15) is 42.4 Å². The third kappa shape index (κ3) is 8.36. The molecule has 1 N–H and O–H groups in total. The molecule has 0 unspecified atom stereocenters. The molecule has 0 spiro atoms. The fraction of sp³-hybridized carbons (Fsp3) is 0.316. The molecule has 0 aromatic heterocycles. The highest BCUT2D eigenvalue weighted by Crippen LogP contribution is 2.33. The SMILES string of the molecule is COc1ccc(S(=O)(=O)N(CC(=O)N(Cc2cccc(C)c2)[C@H](Cc2ccccc2)C(=O)NC2CCCC2)c2ccccc2OC)cc1. The predicted molar refractivity (Wildman–Crippen MR) is 187 cm³/mol. The van der Waals surface area contributed by atoms with Crippen LogP contribution >= 0.6 is 0 Å². The van der Waals surface area contributed by atoms with Crippen molar-refractivity contribution in [2.24, 2.45) is 0 Å². The Morgan fingerprint density at radius 1 is 0.833 bits per heavy atom. The molecule has 1 atom stereocenters. The third-order valence-electron chi connectivity index (χ3n) is 8.69.